The Morgan fingerprint density at radius 2 is 2.03 bits per heavy atom. The van der Waals surface area contributed by atoms with Gasteiger partial charge in [0.2, 0.25) is 17.7 Å². The molecule has 3 aliphatic heterocycles. The van der Waals surface area contributed by atoms with Gasteiger partial charge in [0.15, 0.2) is 0 Å². The molecule has 10 heteroatoms. The second kappa shape index (κ2) is 8.92. The Labute approximate surface area is 198 Å². The van der Waals surface area contributed by atoms with Crippen LogP contribution in [0.2, 0.25) is 5.02 Å². The quantitative estimate of drug-likeness (QED) is 0.470. The first kappa shape index (κ1) is 22.9. The van der Waals surface area contributed by atoms with E-state index in [0.717, 1.165) is 6.42 Å². The number of β-amino-alcohol motifs (C(OH)–C–C–N with tert-alkyl or cyclic N) is 1. The summed E-state index contributed by atoms with van der Waals surface area (Å²) < 4.78 is -0.712. The zero-order valence-corrected chi connectivity index (χ0v) is 20.2. The fourth-order valence-electron chi connectivity index (χ4n) is 5.19. The predicted molar refractivity (Wildman–Crippen MR) is 124 cm³/mol. The largest absolute Gasteiger partial charge is 0.395 e. The highest BCUT2D eigenvalue weighted by Gasteiger charge is 2.75. The third-order valence-corrected chi connectivity index (χ3v) is 9.81. The van der Waals surface area contributed by atoms with Gasteiger partial charge in [-0.05, 0) is 37.1 Å². The molecule has 3 heterocycles. The molecule has 0 aromatic heterocycles. The van der Waals surface area contributed by atoms with Gasteiger partial charge in [0.1, 0.15) is 6.04 Å². The number of hydrogen-bond acceptors (Lipinski definition) is 5. The minimum Gasteiger partial charge on any atom is -0.395 e. The normalized spacial score (nSPS) is 33.5. The third kappa shape index (κ3) is 3.77. The summed E-state index contributed by atoms with van der Waals surface area (Å²) in [4.78, 5) is 41.4. The van der Waals surface area contributed by atoms with Gasteiger partial charge in [-0.25, -0.2) is 0 Å². The minimum absolute atomic E-state index is 0.0267. The third-order valence-electron chi connectivity index (χ3n) is 6.34. The maximum absolute atomic E-state index is 13.5. The molecule has 4 rings (SSSR count). The molecular weight excluding hydrogens is 506 g/mol. The topological polar surface area (TPSA) is 98.7 Å². The Kier molecular flexibility index (Phi) is 6.59. The molecular formula is C21H25BrClN3O4S. The molecule has 3 amide bonds. The van der Waals surface area contributed by atoms with E-state index in [0.29, 0.717) is 23.7 Å². The highest BCUT2D eigenvalue weighted by molar-refractivity contribution is 9.09. The molecule has 3 unspecified atom stereocenters. The molecule has 0 aliphatic carbocycles. The van der Waals surface area contributed by atoms with Gasteiger partial charge in [-0.3, -0.25) is 14.4 Å². The molecule has 168 valence electrons. The molecule has 1 aromatic rings. The second-order valence-electron chi connectivity index (χ2n) is 8.21. The number of likely N-dealkylation sites (tertiary alicyclic amines) is 1. The van der Waals surface area contributed by atoms with Crippen molar-refractivity contribution < 1.29 is 19.5 Å². The fraction of sp³-hybridized carbons (Fsp3) is 0.571. The van der Waals surface area contributed by atoms with Gasteiger partial charge in [0, 0.05) is 33.9 Å². The number of carbonyl (C=O) groups excluding carboxylic acids is 3. The van der Waals surface area contributed by atoms with Crippen LogP contribution >= 0.6 is 39.3 Å². The number of aliphatic hydroxyl groups is 1. The summed E-state index contributed by atoms with van der Waals surface area (Å²) in [6, 6.07) is 6.00. The van der Waals surface area contributed by atoms with Crippen molar-refractivity contribution in [3.05, 3.63) is 29.3 Å². The molecule has 0 saturated carbocycles. The van der Waals surface area contributed by atoms with Crippen molar-refractivity contribution in [3.63, 3.8) is 0 Å². The van der Waals surface area contributed by atoms with E-state index in [1.54, 1.807) is 36.0 Å². The van der Waals surface area contributed by atoms with E-state index in [2.05, 4.69) is 26.6 Å². The molecule has 0 radical (unpaired) electrons. The summed E-state index contributed by atoms with van der Waals surface area (Å²) in [7, 11) is 0. The molecule has 31 heavy (non-hydrogen) atoms. The van der Waals surface area contributed by atoms with Gasteiger partial charge in [-0.15, -0.1) is 11.8 Å². The van der Waals surface area contributed by atoms with Crippen molar-refractivity contribution in [1.29, 1.82) is 0 Å². The SMILES string of the molecule is CCCNC(=O)[C@H]1[C@@H]2SC3(CC2Br)C(C(=O)Nc2ccc(Cl)cc2)N(CCO)C(=O)[C@H]13. The van der Waals surface area contributed by atoms with Crippen LogP contribution in [0.15, 0.2) is 24.3 Å². The number of anilines is 1. The lowest BCUT2D eigenvalue weighted by Gasteiger charge is -2.35. The average molecular weight is 531 g/mol. The van der Waals surface area contributed by atoms with Crippen LogP contribution in [0.4, 0.5) is 5.69 Å². The maximum atomic E-state index is 13.5. The average Bonchev–Trinajstić information content (AvgIpc) is 3.32. The lowest BCUT2D eigenvalue weighted by atomic mass is 9.70. The number of rotatable bonds is 7. The fourth-order valence-corrected chi connectivity index (χ4v) is 8.93. The molecule has 7 nitrogen and oxygen atoms in total. The van der Waals surface area contributed by atoms with E-state index in [1.807, 2.05) is 6.92 Å². The molecule has 3 aliphatic rings. The Morgan fingerprint density at radius 3 is 2.68 bits per heavy atom. The maximum Gasteiger partial charge on any atom is 0.248 e. The Bertz CT molecular complexity index is 888. The minimum atomic E-state index is -0.771. The van der Waals surface area contributed by atoms with Crippen molar-refractivity contribution in [3.8, 4) is 0 Å². The molecule has 2 bridgehead atoms. The number of thioether (sulfide) groups is 1. The number of hydrogen-bond donors (Lipinski definition) is 3. The van der Waals surface area contributed by atoms with Crippen molar-refractivity contribution in [2.75, 3.05) is 25.0 Å². The van der Waals surface area contributed by atoms with Crippen LogP contribution in [-0.2, 0) is 14.4 Å². The summed E-state index contributed by atoms with van der Waals surface area (Å²) >= 11 is 11.2. The standard InChI is InChI=1S/C21H25BrClN3O4S/c1-2-7-24-18(28)14-15-20(30)26(8-9-27)17(21(15)10-13(22)16(14)31-21)19(29)25-12-5-3-11(23)4-6-12/h3-6,13-17,27H,2,7-10H2,1H3,(H,24,28)(H,25,29)/t13?,14-,15+,16-,17?,21?/m1/s1. The van der Waals surface area contributed by atoms with Crippen molar-refractivity contribution in [2.24, 2.45) is 11.8 Å². The van der Waals surface area contributed by atoms with Gasteiger partial charge >= 0.3 is 0 Å². The summed E-state index contributed by atoms with van der Waals surface area (Å²) in [5.41, 5.74) is 0.579. The van der Waals surface area contributed by atoms with Gasteiger partial charge in [0.25, 0.3) is 0 Å². The van der Waals surface area contributed by atoms with Crippen molar-refractivity contribution in [1.82, 2.24) is 10.2 Å². The van der Waals surface area contributed by atoms with Crippen molar-refractivity contribution in [2.45, 2.75) is 40.6 Å². The van der Waals surface area contributed by atoms with E-state index in [-0.39, 0.29) is 41.0 Å². The van der Waals surface area contributed by atoms with E-state index < -0.39 is 22.6 Å². The molecule has 3 fully saturated rings. The monoisotopic (exact) mass is 529 g/mol. The Hall–Kier alpha value is -1.29. The first-order valence-corrected chi connectivity index (χ1v) is 12.6. The first-order valence-electron chi connectivity index (χ1n) is 10.4. The lowest BCUT2D eigenvalue weighted by Crippen LogP contribution is -2.53. The van der Waals surface area contributed by atoms with Gasteiger partial charge in [-0.2, -0.15) is 0 Å². The molecule has 1 spiro atoms. The summed E-state index contributed by atoms with van der Waals surface area (Å²) in [6.07, 6.45) is 1.41. The summed E-state index contributed by atoms with van der Waals surface area (Å²) in [5.74, 6) is -1.76. The molecule has 3 N–H and O–H groups in total. The van der Waals surface area contributed by atoms with Gasteiger partial charge in [-0.1, -0.05) is 34.5 Å². The van der Waals surface area contributed by atoms with E-state index in [1.165, 1.54) is 4.90 Å². The number of aliphatic hydroxyl groups excluding tert-OH is 1. The van der Waals surface area contributed by atoms with Crippen molar-refractivity contribution >= 4 is 62.7 Å². The number of carbonyl (C=O) groups is 3. The number of nitrogens with one attached hydrogen (secondary N) is 2. The van der Waals surface area contributed by atoms with Gasteiger partial charge < -0.3 is 20.6 Å². The van der Waals surface area contributed by atoms with Crippen LogP contribution in [0.25, 0.3) is 0 Å². The highest BCUT2D eigenvalue weighted by atomic mass is 79.9. The number of fused-ring (bicyclic) bond motifs is 1. The van der Waals surface area contributed by atoms with Crippen LogP contribution in [0.1, 0.15) is 19.8 Å². The van der Waals surface area contributed by atoms with Crippen LogP contribution < -0.4 is 10.6 Å². The predicted octanol–water partition coefficient (Wildman–Crippen LogP) is 2.26. The zero-order valence-electron chi connectivity index (χ0n) is 17.0. The molecule has 1 aromatic carbocycles. The second-order valence-corrected chi connectivity index (χ2v) is 11.4. The van der Waals surface area contributed by atoms with Crippen LogP contribution in [0, 0.1) is 11.8 Å². The lowest BCUT2D eigenvalue weighted by molar-refractivity contribution is -0.139. The number of alkyl halides is 1. The summed E-state index contributed by atoms with van der Waals surface area (Å²) in [6.45, 7) is 2.33. The van der Waals surface area contributed by atoms with Crippen LogP contribution in [0.3, 0.4) is 0 Å². The Balaban J connectivity index is 1.68. The van der Waals surface area contributed by atoms with E-state index in [4.69, 9.17) is 11.6 Å². The van der Waals surface area contributed by atoms with Gasteiger partial charge in [0.05, 0.1) is 23.2 Å². The number of amides is 3. The number of halogens is 2. The first-order chi connectivity index (χ1) is 14.8. The van der Waals surface area contributed by atoms with Crippen LogP contribution in [-0.4, -0.2) is 68.3 Å². The van der Waals surface area contributed by atoms with E-state index >= 15 is 0 Å². The Morgan fingerprint density at radius 1 is 1.32 bits per heavy atom. The van der Waals surface area contributed by atoms with Crippen LogP contribution in [0.5, 0.6) is 0 Å². The number of nitrogens with zero attached hydrogens (tertiary/aromatic N) is 1. The zero-order chi connectivity index (χ0) is 22.3. The van der Waals surface area contributed by atoms with E-state index in [9.17, 15) is 19.5 Å². The summed E-state index contributed by atoms with van der Waals surface area (Å²) in [5, 5.41) is 15.9. The highest BCUT2D eigenvalue weighted by Crippen LogP contribution is 2.67. The molecule has 3 saturated heterocycles. The number of benzene rings is 1. The molecule has 6 atom stereocenters. The smallest absolute Gasteiger partial charge is 0.248 e.